The van der Waals surface area contributed by atoms with E-state index in [1.165, 1.54) is 70.6 Å². The van der Waals surface area contributed by atoms with Gasteiger partial charge in [0.15, 0.2) is 0 Å². The molecule has 4 rings (SSSR count). The van der Waals surface area contributed by atoms with Crippen molar-refractivity contribution in [3.63, 3.8) is 0 Å². The topological polar surface area (TPSA) is 0 Å². The summed E-state index contributed by atoms with van der Waals surface area (Å²) < 4.78 is 0. The number of rotatable bonds is 5. The van der Waals surface area contributed by atoms with Crippen LogP contribution in [0, 0.1) is 57.2 Å². The van der Waals surface area contributed by atoms with Crippen molar-refractivity contribution in [2.75, 3.05) is 0 Å². The molecule has 174 valence electrons. The average molecular weight is 415 g/mol. The molecule has 0 nitrogen and oxygen atoms in total. The second-order valence-electron chi connectivity index (χ2n) is 14.5. The van der Waals surface area contributed by atoms with E-state index in [0.29, 0.717) is 21.7 Å². The van der Waals surface area contributed by atoms with Crippen LogP contribution in [-0.2, 0) is 0 Å². The molecule has 8 atom stereocenters. The van der Waals surface area contributed by atoms with Gasteiger partial charge in [0.2, 0.25) is 0 Å². The van der Waals surface area contributed by atoms with Crippen LogP contribution in [0.5, 0.6) is 0 Å². The maximum Gasteiger partial charge on any atom is -0.0235 e. The van der Waals surface area contributed by atoms with Crippen LogP contribution in [0.1, 0.15) is 132 Å². The molecular weight excluding hydrogens is 360 g/mol. The van der Waals surface area contributed by atoms with Crippen molar-refractivity contribution in [1.82, 2.24) is 0 Å². The summed E-state index contributed by atoms with van der Waals surface area (Å²) in [6, 6.07) is 0. The molecule has 0 heterocycles. The molecule has 4 saturated carbocycles. The number of hydrogen-bond donors (Lipinski definition) is 0. The first-order chi connectivity index (χ1) is 14.0. The molecule has 0 aromatic carbocycles. The van der Waals surface area contributed by atoms with E-state index in [1.54, 1.807) is 6.42 Å². The van der Waals surface area contributed by atoms with Gasteiger partial charge in [-0.1, -0.05) is 81.1 Å². The van der Waals surface area contributed by atoms with Crippen LogP contribution in [0.3, 0.4) is 0 Å². The molecule has 0 unspecified atom stereocenters. The number of fused-ring (bicyclic) bond motifs is 5. The largest absolute Gasteiger partial charge is 0.0628 e. The summed E-state index contributed by atoms with van der Waals surface area (Å²) in [6.45, 7) is 20.9. The Balaban J connectivity index is 1.55. The predicted molar refractivity (Wildman–Crippen MR) is 131 cm³/mol. The quantitative estimate of drug-likeness (QED) is 0.420. The predicted octanol–water partition coefficient (Wildman–Crippen LogP) is 9.52. The zero-order valence-electron chi connectivity index (χ0n) is 21.9. The van der Waals surface area contributed by atoms with Gasteiger partial charge in [-0.2, -0.15) is 0 Å². The van der Waals surface area contributed by atoms with E-state index in [9.17, 15) is 0 Å². The molecular formula is C30H54. The summed E-state index contributed by atoms with van der Waals surface area (Å²) in [5.74, 6) is 5.76. The minimum atomic E-state index is 0.565. The lowest BCUT2D eigenvalue weighted by Crippen LogP contribution is -2.62. The highest BCUT2D eigenvalue weighted by atomic mass is 14.7. The summed E-state index contributed by atoms with van der Waals surface area (Å²) in [7, 11) is 0. The normalized spacial score (nSPS) is 48.7. The van der Waals surface area contributed by atoms with E-state index >= 15 is 0 Å². The van der Waals surface area contributed by atoms with Crippen LogP contribution in [-0.4, -0.2) is 0 Å². The van der Waals surface area contributed by atoms with Crippen LogP contribution in [0.15, 0.2) is 0 Å². The molecule has 30 heavy (non-hydrogen) atoms. The monoisotopic (exact) mass is 414 g/mol. The second-order valence-corrected chi connectivity index (χ2v) is 14.5. The first-order valence-corrected chi connectivity index (χ1v) is 14.0. The van der Waals surface area contributed by atoms with Crippen LogP contribution in [0.4, 0.5) is 0 Å². The Hall–Kier alpha value is 0. The van der Waals surface area contributed by atoms with Crippen LogP contribution < -0.4 is 0 Å². The summed E-state index contributed by atoms with van der Waals surface area (Å²) in [4.78, 5) is 0. The molecule has 4 aliphatic carbocycles. The van der Waals surface area contributed by atoms with Gasteiger partial charge < -0.3 is 0 Å². The van der Waals surface area contributed by atoms with Crippen molar-refractivity contribution < 1.29 is 0 Å². The zero-order valence-corrected chi connectivity index (χ0v) is 21.9. The Bertz CT molecular complexity index is 616. The number of hydrogen-bond acceptors (Lipinski definition) is 0. The first kappa shape index (κ1) is 23.2. The van der Waals surface area contributed by atoms with Gasteiger partial charge in [-0.05, 0) is 109 Å². The summed E-state index contributed by atoms with van der Waals surface area (Å²) >= 11 is 0. The third kappa shape index (κ3) is 3.36. The van der Waals surface area contributed by atoms with Crippen molar-refractivity contribution >= 4 is 0 Å². The molecule has 0 radical (unpaired) electrons. The van der Waals surface area contributed by atoms with Crippen LogP contribution in [0.2, 0.25) is 0 Å². The van der Waals surface area contributed by atoms with E-state index in [-0.39, 0.29) is 0 Å². The molecule has 0 bridgehead atoms. The van der Waals surface area contributed by atoms with Gasteiger partial charge in [-0.15, -0.1) is 0 Å². The third-order valence-electron chi connectivity index (χ3n) is 12.4. The fraction of sp³-hybridized carbons (Fsp3) is 1.00. The highest BCUT2D eigenvalue weighted by Gasteiger charge is 2.67. The summed E-state index contributed by atoms with van der Waals surface area (Å²) in [6.07, 6.45) is 18.0. The van der Waals surface area contributed by atoms with E-state index in [1.807, 2.05) is 0 Å². The molecule has 0 saturated heterocycles. The van der Waals surface area contributed by atoms with E-state index in [4.69, 9.17) is 0 Å². The molecule has 0 spiro atoms. The molecule has 0 aliphatic heterocycles. The van der Waals surface area contributed by atoms with Gasteiger partial charge in [0.05, 0.1) is 0 Å². The van der Waals surface area contributed by atoms with Crippen molar-refractivity contribution in [3.8, 4) is 0 Å². The maximum absolute atomic E-state index is 2.79. The molecule has 0 aromatic rings. The fourth-order valence-corrected chi connectivity index (χ4v) is 10.6. The Kier molecular flexibility index (Phi) is 6.02. The molecule has 0 aromatic heterocycles. The van der Waals surface area contributed by atoms with Crippen molar-refractivity contribution in [3.05, 3.63) is 0 Å². The molecule has 0 heteroatoms. The molecule has 0 N–H and O–H groups in total. The van der Waals surface area contributed by atoms with Crippen molar-refractivity contribution in [2.45, 2.75) is 132 Å². The van der Waals surface area contributed by atoms with Gasteiger partial charge in [-0.3, -0.25) is 0 Å². The minimum absolute atomic E-state index is 0.565. The van der Waals surface area contributed by atoms with Crippen molar-refractivity contribution in [1.29, 1.82) is 0 Å². The zero-order chi connectivity index (χ0) is 21.9. The average Bonchev–Trinajstić information content (AvgIpc) is 2.99. The van der Waals surface area contributed by atoms with Gasteiger partial charge in [-0.25, -0.2) is 0 Å². The van der Waals surface area contributed by atoms with Gasteiger partial charge in [0, 0.05) is 0 Å². The fourth-order valence-electron chi connectivity index (χ4n) is 10.6. The summed E-state index contributed by atoms with van der Waals surface area (Å²) in [5.41, 5.74) is 2.35. The highest BCUT2D eigenvalue weighted by Crippen LogP contribution is 2.75. The lowest BCUT2D eigenvalue weighted by atomic mass is 9.35. The second kappa shape index (κ2) is 7.80. The van der Waals surface area contributed by atoms with E-state index in [0.717, 1.165) is 35.5 Å². The third-order valence-corrected chi connectivity index (χ3v) is 12.4. The smallest absolute Gasteiger partial charge is 0.0235 e. The molecule has 0 amide bonds. The van der Waals surface area contributed by atoms with Gasteiger partial charge in [0.25, 0.3) is 0 Å². The lowest BCUT2D eigenvalue weighted by Gasteiger charge is -2.69. The van der Waals surface area contributed by atoms with Crippen LogP contribution >= 0.6 is 0 Å². The Morgan fingerprint density at radius 2 is 1.40 bits per heavy atom. The summed E-state index contributed by atoms with van der Waals surface area (Å²) in [5, 5.41) is 0. The highest BCUT2D eigenvalue weighted by molar-refractivity contribution is 5.16. The SMILES string of the molecule is CC(C)CCC[C@@H](C)[C@H]1CC[C@]2(C)[C@@H]1CC[C@@H]1[C@@]3(C)CCCC(C)(C)[C@H]3CC[C@]12C. The maximum atomic E-state index is 2.79. The van der Waals surface area contributed by atoms with Gasteiger partial charge in [0.1, 0.15) is 0 Å². The molecule has 4 aliphatic rings. The standard InChI is InChI=1S/C30H54/c1-21(2)11-9-12-22(3)23-15-19-29(7)24(23)13-14-26-28(6)18-10-17-27(4,5)25(28)16-20-30(26,29)8/h21-26H,9-20H2,1-8H3/t22-,23-,24-,25-,26-,28+,29-,30-/m1/s1. The first-order valence-electron chi connectivity index (χ1n) is 14.0. The lowest BCUT2D eigenvalue weighted by molar-refractivity contribution is -0.203. The van der Waals surface area contributed by atoms with Crippen LogP contribution in [0.25, 0.3) is 0 Å². The Morgan fingerprint density at radius 1 is 0.700 bits per heavy atom. The van der Waals surface area contributed by atoms with E-state index < -0.39 is 0 Å². The minimum Gasteiger partial charge on any atom is -0.0628 e. The van der Waals surface area contributed by atoms with Crippen molar-refractivity contribution in [2.24, 2.45) is 57.2 Å². The molecule has 4 fully saturated rings. The Morgan fingerprint density at radius 3 is 2.10 bits per heavy atom. The van der Waals surface area contributed by atoms with Gasteiger partial charge >= 0.3 is 0 Å². The van der Waals surface area contributed by atoms with E-state index in [2.05, 4.69) is 55.4 Å². The Labute approximate surface area is 189 Å².